The first-order chi connectivity index (χ1) is 11.8. The Balaban J connectivity index is 1.57. The Labute approximate surface area is 143 Å². The van der Waals surface area contributed by atoms with Gasteiger partial charge in [-0.05, 0) is 52.8 Å². The summed E-state index contributed by atoms with van der Waals surface area (Å²) in [6.07, 6.45) is 4.79. The molecule has 1 aromatic carbocycles. The third-order valence-electron chi connectivity index (χ3n) is 4.27. The molecule has 0 unspecified atom stereocenters. The van der Waals surface area contributed by atoms with Crippen molar-refractivity contribution in [2.45, 2.75) is 49.1 Å². The Morgan fingerprint density at radius 1 is 1.04 bits per heavy atom. The van der Waals surface area contributed by atoms with Crippen LogP contribution >= 0.6 is 11.8 Å². The highest BCUT2D eigenvalue weighted by Crippen LogP contribution is 2.36. The molecule has 0 radical (unpaired) electrons. The molecule has 1 aliphatic rings. The zero-order valence-electron chi connectivity index (χ0n) is 13.4. The van der Waals surface area contributed by atoms with Crippen LogP contribution < -0.4 is 0 Å². The predicted octanol–water partition coefficient (Wildman–Crippen LogP) is 2.62. The molecule has 1 fully saturated rings. The van der Waals surface area contributed by atoms with E-state index in [1.165, 1.54) is 12.8 Å². The van der Waals surface area contributed by atoms with Gasteiger partial charge < -0.3 is 0 Å². The Bertz CT molecular complexity index is 793. The first-order valence-electron chi connectivity index (χ1n) is 8.11. The molecule has 2 aromatic heterocycles. The van der Waals surface area contributed by atoms with E-state index >= 15 is 0 Å². The van der Waals surface area contributed by atoms with Crippen LogP contribution in [0.3, 0.4) is 0 Å². The quantitative estimate of drug-likeness (QED) is 0.659. The van der Waals surface area contributed by atoms with E-state index in [0.29, 0.717) is 6.04 Å². The van der Waals surface area contributed by atoms with Gasteiger partial charge in [-0.3, -0.25) is 0 Å². The van der Waals surface area contributed by atoms with Crippen molar-refractivity contribution in [1.29, 1.82) is 0 Å². The lowest BCUT2D eigenvalue weighted by molar-refractivity contribution is 0.422. The molecule has 0 N–H and O–H groups in total. The fraction of sp³-hybridized carbons (Fsp3) is 0.467. The third-order valence-corrected chi connectivity index (χ3v) is 5.32. The summed E-state index contributed by atoms with van der Waals surface area (Å²) >= 11 is 1.59. The maximum Gasteiger partial charge on any atom is 0.210 e. The highest BCUT2D eigenvalue weighted by molar-refractivity contribution is 7.99. The fourth-order valence-corrected chi connectivity index (χ4v) is 4.00. The first-order valence-corrected chi connectivity index (χ1v) is 8.99. The lowest BCUT2D eigenvalue weighted by Gasteiger charge is -2.14. The number of thioether (sulfide) groups is 1. The average Bonchev–Trinajstić information content (AvgIpc) is 3.36. The topological polar surface area (TPSA) is 87.2 Å². The molecule has 8 nitrogen and oxygen atoms in total. The SMILES string of the molecule is C[C@@H](Sc1nnnn1C1CCCC1)c1nnnn1-c1ccccc1. The summed E-state index contributed by atoms with van der Waals surface area (Å²) in [7, 11) is 0. The van der Waals surface area contributed by atoms with E-state index in [4.69, 9.17) is 0 Å². The fourth-order valence-electron chi connectivity index (χ4n) is 3.05. The molecular formula is C15H18N8S. The van der Waals surface area contributed by atoms with Gasteiger partial charge >= 0.3 is 0 Å². The molecule has 124 valence electrons. The minimum Gasteiger partial charge on any atom is -0.217 e. The average molecular weight is 342 g/mol. The number of hydrogen-bond acceptors (Lipinski definition) is 7. The monoisotopic (exact) mass is 342 g/mol. The van der Waals surface area contributed by atoms with Gasteiger partial charge in [-0.15, -0.1) is 10.2 Å². The second-order valence-corrected chi connectivity index (χ2v) is 7.20. The molecule has 0 amide bonds. The van der Waals surface area contributed by atoms with E-state index < -0.39 is 0 Å². The van der Waals surface area contributed by atoms with Crippen molar-refractivity contribution in [1.82, 2.24) is 40.4 Å². The Hall–Kier alpha value is -2.29. The lowest BCUT2D eigenvalue weighted by atomic mass is 10.3. The lowest BCUT2D eigenvalue weighted by Crippen LogP contribution is -2.10. The third kappa shape index (κ3) is 2.91. The highest BCUT2D eigenvalue weighted by atomic mass is 32.2. The van der Waals surface area contributed by atoms with Crippen LogP contribution in [0.25, 0.3) is 5.69 Å². The van der Waals surface area contributed by atoms with Crippen LogP contribution in [0, 0.1) is 0 Å². The van der Waals surface area contributed by atoms with Crippen molar-refractivity contribution < 1.29 is 0 Å². The molecule has 24 heavy (non-hydrogen) atoms. The van der Waals surface area contributed by atoms with Crippen LogP contribution in [-0.4, -0.2) is 40.4 Å². The molecule has 9 heteroatoms. The summed E-state index contributed by atoms with van der Waals surface area (Å²) < 4.78 is 3.73. The summed E-state index contributed by atoms with van der Waals surface area (Å²) in [4.78, 5) is 0. The minimum atomic E-state index is 0.0337. The second kappa shape index (κ2) is 6.68. The molecule has 0 saturated heterocycles. The smallest absolute Gasteiger partial charge is 0.210 e. The van der Waals surface area contributed by atoms with Gasteiger partial charge in [0, 0.05) is 0 Å². The number of para-hydroxylation sites is 1. The van der Waals surface area contributed by atoms with Gasteiger partial charge in [0.15, 0.2) is 5.82 Å². The number of tetrazole rings is 2. The van der Waals surface area contributed by atoms with E-state index in [-0.39, 0.29) is 5.25 Å². The summed E-state index contributed by atoms with van der Waals surface area (Å²) in [6.45, 7) is 2.07. The van der Waals surface area contributed by atoms with Crippen molar-refractivity contribution in [3.63, 3.8) is 0 Å². The normalized spacial score (nSPS) is 16.5. The summed E-state index contributed by atoms with van der Waals surface area (Å²) in [6, 6.07) is 10.3. The van der Waals surface area contributed by atoms with E-state index in [9.17, 15) is 0 Å². The van der Waals surface area contributed by atoms with Gasteiger partial charge in [-0.25, -0.2) is 4.68 Å². The van der Waals surface area contributed by atoms with Crippen molar-refractivity contribution in [3.05, 3.63) is 36.2 Å². The summed E-state index contributed by atoms with van der Waals surface area (Å²) in [5.74, 6) is 0.784. The zero-order chi connectivity index (χ0) is 16.4. The van der Waals surface area contributed by atoms with Gasteiger partial charge in [0.05, 0.1) is 17.0 Å². The van der Waals surface area contributed by atoms with Crippen molar-refractivity contribution >= 4 is 11.8 Å². The Kier molecular flexibility index (Phi) is 4.24. The Morgan fingerprint density at radius 2 is 1.79 bits per heavy atom. The molecule has 1 aliphatic carbocycles. The molecule has 2 heterocycles. The molecule has 1 atom stereocenters. The maximum absolute atomic E-state index is 4.20. The molecule has 3 aromatic rings. The second-order valence-electron chi connectivity index (χ2n) is 5.89. The molecule has 0 aliphatic heterocycles. The molecule has 1 saturated carbocycles. The number of nitrogens with zero attached hydrogens (tertiary/aromatic N) is 8. The van der Waals surface area contributed by atoms with Crippen molar-refractivity contribution in [2.75, 3.05) is 0 Å². The summed E-state index contributed by atoms with van der Waals surface area (Å²) in [5.41, 5.74) is 0.945. The molecule has 0 bridgehead atoms. The number of benzene rings is 1. The first kappa shape index (κ1) is 15.3. The van der Waals surface area contributed by atoms with Crippen LogP contribution in [0.1, 0.15) is 49.7 Å². The van der Waals surface area contributed by atoms with Gasteiger partial charge in [0.2, 0.25) is 5.16 Å². The van der Waals surface area contributed by atoms with E-state index in [1.807, 2.05) is 35.0 Å². The maximum atomic E-state index is 4.20. The summed E-state index contributed by atoms with van der Waals surface area (Å²) in [5, 5.41) is 25.3. The minimum absolute atomic E-state index is 0.0337. The molecule has 4 rings (SSSR count). The van der Waals surface area contributed by atoms with Crippen molar-refractivity contribution in [2.24, 2.45) is 0 Å². The largest absolute Gasteiger partial charge is 0.217 e. The predicted molar refractivity (Wildman–Crippen MR) is 88.7 cm³/mol. The van der Waals surface area contributed by atoms with E-state index in [0.717, 1.165) is 29.5 Å². The van der Waals surface area contributed by atoms with E-state index in [1.54, 1.807) is 16.4 Å². The van der Waals surface area contributed by atoms with Gasteiger partial charge in [0.1, 0.15) is 0 Å². The van der Waals surface area contributed by atoms with Crippen LogP contribution in [0.4, 0.5) is 0 Å². The van der Waals surface area contributed by atoms with Crippen LogP contribution in [0.2, 0.25) is 0 Å². The van der Waals surface area contributed by atoms with Crippen molar-refractivity contribution in [3.8, 4) is 5.69 Å². The number of hydrogen-bond donors (Lipinski definition) is 0. The van der Waals surface area contributed by atoms with Gasteiger partial charge in [-0.2, -0.15) is 4.68 Å². The van der Waals surface area contributed by atoms with Crippen LogP contribution in [-0.2, 0) is 0 Å². The van der Waals surface area contributed by atoms with Gasteiger partial charge in [0.25, 0.3) is 0 Å². The van der Waals surface area contributed by atoms with Crippen LogP contribution in [0.5, 0.6) is 0 Å². The molecular weight excluding hydrogens is 324 g/mol. The van der Waals surface area contributed by atoms with Crippen LogP contribution in [0.15, 0.2) is 35.5 Å². The Morgan fingerprint density at radius 3 is 2.58 bits per heavy atom. The zero-order valence-corrected chi connectivity index (χ0v) is 14.2. The number of aromatic nitrogens is 8. The van der Waals surface area contributed by atoms with E-state index in [2.05, 4.69) is 38.0 Å². The number of rotatable bonds is 5. The molecule has 0 spiro atoms. The standard InChI is InChI=1S/C15H18N8S/c1-11(14-16-18-20-22(14)12-7-3-2-4-8-12)24-15-17-19-21-23(15)13-9-5-6-10-13/h2-4,7-8,11,13H,5-6,9-10H2,1H3/t11-/m1/s1. The highest BCUT2D eigenvalue weighted by Gasteiger charge is 2.25. The van der Waals surface area contributed by atoms with Gasteiger partial charge in [-0.1, -0.05) is 42.8 Å².